The lowest BCUT2D eigenvalue weighted by molar-refractivity contribution is -0.137. The van der Waals surface area contributed by atoms with Gasteiger partial charge in [-0.3, -0.25) is 9.36 Å². The summed E-state index contributed by atoms with van der Waals surface area (Å²) in [6, 6.07) is 10.8. The summed E-state index contributed by atoms with van der Waals surface area (Å²) in [6.07, 6.45) is 6.32. The maximum atomic E-state index is 14.1. The van der Waals surface area contributed by atoms with Gasteiger partial charge in [-0.25, -0.2) is 14.4 Å². The van der Waals surface area contributed by atoms with Crippen molar-refractivity contribution in [1.29, 1.82) is 0 Å². The Bertz CT molecular complexity index is 1750. The van der Waals surface area contributed by atoms with Crippen molar-refractivity contribution >= 4 is 46.4 Å². The van der Waals surface area contributed by atoms with Crippen LogP contribution in [0.15, 0.2) is 41.2 Å². The predicted octanol–water partition coefficient (Wildman–Crippen LogP) is 4.06. The van der Waals surface area contributed by atoms with Gasteiger partial charge in [0.25, 0.3) is 0 Å². The van der Waals surface area contributed by atoms with Crippen LogP contribution in [0.3, 0.4) is 0 Å². The van der Waals surface area contributed by atoms with Crippen LogP contribution < -0.4 is 16.3 Å². The first-order chi connectivity index (χ1) is 23.7. The van der Waals surface area contributed by atoms with Crippen molar-refractivity contribution in [2.45, 2.75) is 76.0 Å². The highest BCUT2D eigenvalue weighted by Gasteiger charge is 2.35. The van der Waals surface area contributed by atoms with Crippen LogP contribution in [0.2, 0.25) is 5.02 Å². The number of amides is 4. The van der Waals surface area contributed by atoms with E-state index in [0.29, 0.717) is 67.7 Å². The highest BCUT2D eigenvalue weighted by molar-refractivity contribution is 6.35. The summed E-state index contributed by atoms with van der Waals surface area (Å²) in [5, 5.41) is 7.82. The zero-order valence-corrected chi connectivity index (χ0v) is 28.7. The number of halogens is 1. The third kappa shape index (κ3) is 7.29. The molecule has 4 amide bonds. The monoisotopic (exact) mass is 692 g/mol. The zero-order valence-electron chi connectivity index (χ0n) is 28.0. The average Bonchev–Trinajstić information content (AvgIpc) is 3.41. The fraction of sp³-hybridized carbons (Fsp3) is 0.543. The largest absolute Gasteiger partial charge is 0.426 e. The van der Waals surface area contributed by atoms with Gasteiger partial charge in [-0.15, -0.1) is 5.06 Å². The first kappa shape index (κ1) is 33.4. The number of nitrogens with zero attached hydrogens (tertiary/aromatic N) is 5. The van der Waals surface area contributed by atoms with Crippen LogP contribution in [0.25, 0.3) is 11.0 Å². The summed E-state index contributed by atoms with van der Waals surface area (Å²) >= 11 is 6.55. The summed E-state index contributed by atoms with van der Waals surface area (Å²) < 4.78 is 1.48. The lowest BCUT2D eigenvalue weighted by Crippen LogP contribution is -2.55. The first-order valence-electron chi connectivity index (χ1n) is 17.5. The molecule has 0 radical (unpaired) electrons. The second kappa shape index (κ2) is 14.4. The molecule has 0 saturated carbocycles. The highest BCUT2D eigenvalue weighted by atomic mass is 35.5. The number of H-pyrrole nitrogens is 1. The Morgan fingerprint density at radius 1 is 0.959 bits per heavy atom. The molecule has 7 rings (SSSR count). The number of aromatic nitrogens is 2. The smallest absolute Gasteiger partial charge is 0.351 e. The van der Waals surface area contributed by atoms with Crippen molar-refractivity contribution in [3.8, 4) is 0 Å². The molecule has 2 aromatic carbocycles. The third-order valence-electron chi connectivity index (χ3n) is 10.7. The van der Waals surface area contributed by atoms with Crippen molar-refractivity contribution in [3.63, 3.8) is 0 Å². The molecule has 0 spiro atoms. The molecule has 3 saturated heterocycles. The quantitative estimate of drug-likeness (QED) is 0.340. The number of carbonyl (C=O) groups is 3. The Morgan fingerprint density at radius 2 is 1.67 bits per heavy atom. The molecule has 13 nitrogen and oxygen atoms in total. The van der Waals surface area contributed by atoms with Crippen LogP contribution in [0.4, 0.5) is 15.3 Å². The van der Waals surface area contributed by atoms with E-state index in [9.17, 15) is 19.2 Å². The Kier molecular flexibility index (Phi) is 9.84. The third-order valence-corrected chi connectivity index (χ3v) is 11.0. The molecule has 1 aromatic heterocycles. The molecular weight excluding hydrogens is 648 g/mol. The van der Waals surface area contributed by atoms with Crippen molar-refractivity contribution in [2.24, 2.45) is 7.05 Å². The fourth-order valence-corrected chi connectivity index (χ4v) is 8.18. The van der Waals surface area contributed by atoms with E-state index in [1.54, 1.807) is 18.2 Å². The number of aryl methyl sites for hydroxylation is 1. The topological polar surface area (TPSA) is 135 Å². The molecule has 49 heavy (non-hydrogen) atoms. The summed E-state index contributed by atoms with van der Waals surface area (Å²) in [7, 11) is 1.66. The lowest BCUT2D eigenvalue weighted by Gasteiger charge is -2.41. The average molecular weight is 693 g/mol. The number of hydrogen-bond donors (Lipinski definition) is 3. The Labute approximate surface area is 290 Å². The fourth-order valence-electron chi connectivity index (χ4n) is 7.89. The van der Waals surface area contributed by atoms with Crippen molar-refractivity contribution in [1.82, 2.24) is 34.6 Å². The van der Waals surface area contributed by atoms with Crippen LogP contribution in [0.1, 0.15) is 56.1 Å². The number of urea groups is 1. The second-order valence-corrected chi connectivity index (χ2v) is 14.2. The summed E-state index contributed by atoms with van der Waals surface area (Å²) in [5.41, 5.74) is 3.51. The van der Waals surface area contributed by atoms with E-state index in [-0.39, 0.29) is 30.1 Å². The van der Waals surface area contributed by atoms with Gasteiger partial charge in [0.1, 0.15) is 6.04 Å². The van der Waals surface area contributed by atoms with Gasteiger partial charge in [0.2, 0.25) is 5.91 Å². The van der Waals surface area contributed by atoms with Gasteiger partial charge in [0, 0.05) is 64.0 Å². The van der Waals surface area contributed by atoms with Crippen LogP contribution in [0, 0.1) is 0 Å². The molecule has 4 aliphatic rings. The van der Waals surface area contributed by atoms with Gasteiger partial charge in [0.05, 0.1) is 16.1 Å². The van der Waals surface area contributed by atoms with Crippen LogP contribution >= 0.6 is 11.6 Å². The van der Waals surface area contributed by atoms with Gasteiger partial charge in [-0.2, -0.15) is 0 Å². The second-order valence-electron chi connectivity index (χ2n) is 13.8. The summed E-state index contributed by atoms with van der Waals surface area (Å²) in [5.74, 6) is -0.164. The standard InChI is InChI=1S/C35H45ClN8O5/c1-40-30-21-23(19-27(36)31(30)39-33(40)46)20-29(32(45)42-15-9-25(10-16-42)41-13-5-2-6-14-41)38-35(48)49-43-17-11-26(12-18-43)44-22-24-7-3-4-8-28(24)37-34(44)47/h3-4,7-8,19,21,25-26,29H,2,5-6,9-18,20,22H2,1H3,(H,37,47)(H,38,48)(H,39,46). The maximum Gasteiger partial charge on any atom is 0.426 e. The Balaban J connectivity index is 1.000. The number of rotatable bonds is 7. The molecule has 3 N–H and O–H groups in total. The van der Waals surface area contributed by atoms with Gasteiger partial charge in [0.15, 0.2) is 0 Å². The number of fused-ring (bicyclic) bond motifs is 2. The summed E-state index contributed by atoms with van der Waals surface area (Å²) in [6.45, 7) is 4.95. The lowest BCUT2D eigenvalue weighted by atomic mass is 9.98. The zero-order chi connectivity index (χ0) is 34.1. The molecule has 0 bridgehead atoms. The summed E-state index contributed by atoms with van der Waals surface area (Å²) in [4.78, 5) is 67.3. The van der Waals surface area contributed by atoms with E-state index in [0.717, 1.165) is 42.7 Å². The number of hydroxylamine groups is 2. The molecule has 1 atom stereocenters. The predicted molar refractivity (Wildman–Crippen MR) is 186 cm³/mol. The number of piperidine rings is 3. The molecule has 3 fully saturated rings. The number of aromatic amines is 1. The SMILES string of the molecule is Cn1c(=O)[nH]c2c(Cl)cc(CC(NC(=O)ON3CCC(N4Cc5ccccc5NC4=O)CC3)C(=O)N3CCC(N4CCCCC4)CC3)cc21. The van der Waals surface area contributed by atoms with E-state index in [2.05, 4.69) is 20.5 Å². The molecule has 3 aromatic rings. The van der Waals surface area contributed by atoms with Crippen LogP contribution in [-0.2, 0) is 29.6 Å². The highest BCUT2D eigenvalue weighted by Crippen LogP contribution is 2.28. The number of imidazole rings is 1. The van der Waals surface area contributed by atoms with E-state index < -0.39 is 12.1 Å². The minimum absolute atomic E-state index is 0.0162. The van der Waals surface area contributed by atoms with Gasteiger partial charge < -0.3 is 35.2 Å². The molecular formula is C35H45ClN8O5. The number of carbonyl (C=O) groups excluding carboxylic acids is 3. The van der Waals surface area contributed by atoms with Crippen molar-refractivity contribution in [2.75, 3.05) is 44.6 Å². The molecule has 0 aliphatic carbocycles. The van der Waals surface area contributed by atoms with Gasteiger partial charge >= 0.3 is 17.8 Å². The van der Waals surface area contributed by atoms with E-state index in [1.165, 1.54) is 23.8 Å². The molecule has 5 heterocycles. The van der Waals surface area contributed by atoms with Crippen molar-refractivity contribution in [3.05, 3.63) is 63.0 Å². The number of nitrogens with one attached hydrogen (secondary N) is 3. The Morgan fingerprint density at radius 3 is 2.43 bits per heavy atom. The number of likely N-dealkylation sites (tertiary alicyclic amines) is 2. The number of para-hydroxylation sites is 1. The molecule has 1 unspecified atom stereocenters. The molecule has 4 aliphatic heterocycles. The maximum absolute atomic E-state index is 14.1. The van der Waals surface area contributed by atoms with Gasteiger partial charge in [-0.1, -0.05) is 36.2 Å². The molecule has 262 valence electrons. The first-order valence-corrected chi connectivity index (χ1v) is 17.9. The minimum atomic E-state index is -0.891. The number of benzene rings is 2. The van der Waals surface area contributed by atoms with E-state index in [1.807, 2.05) is 40.1 Å². The number of anilines is 1. The van der Waals surface area contributed by atoms with Crippen molar-refractivity contribution < 1.29 is 19.2 Å². The van der Waals surface area contributed by atoms with Crippen LogP contribution in [-0.4, -0.2) is 105 Å². The molecule has 14 heteroatoms. The van der Waals surface area contributed by atoms with E-state index >= 15 is 0 Å². The minimum Gasteiger partial charge on any atom is -0.351 e. The Hall–Kier alpha value is -4.07. The van der Waals surface area contributed by atoms with Crippen LogP contribution in [0.5, 0.6) is 0 Å². The van der Waals surface area contributed by atoms with E-state index in [4.69, 9.17) is 16.4 Å². The normalized spacial score (nSPS) is 20.6. The number of hydrogen-bond acceptors (Lipinski definition) is 7. The van der Waals surface area contributed by atoms with Gasteiger partial charge in [-0.05, 0) is 80.9 Å².